The lowest BCUT2D eigenvalue weighted by molar-refractivity contribution is 0.104. The van der Waals surface area contributed by atoms with Gasteiger partial charge in [-0.2, -0.15) is 0 Å². The second kappa shape index (κ2) is 6.20. The Bertz CT molecular complexity index is 870. The number of ketones is 1. The van der Waals surface area contributed by atoms with Gasteiger partial charge in [0.05, 0.1) is 5.69 Å². The Morgan fingerprint density at radius 2 is 1.95 bits per heavy atom. The predicted octanol–water partition coefficient (Wildman–Crippen LogP) is 4.60. The van der Waals surface area contributed by atoms with Crippen LogP contribution in [0.2, 0.25) is 0 Å². The molecule has 0 saturated heterocycles. The van der Waals surface area contributed by atoms with Crippen LogP contribution in [0.1, 0.15) is 21.6 Å². The van der Waals surface area contributed by atoms with E-state index in [2.05, 4.69) is 25.9 Å². The molecule has 0 aliphatic rings. The summed E-state index contributed by atoms with van der Waals surface area (Å²) in [6.07, 6.45) is 5.08. The Hall–Kier alpha value is -2.33. The van der Waals surface area contributed by atoms with Crippen molar-refractivity contribution in [1.82, 2.24) is 9.97 Å². The van der Waals surface area contributed by atoms with Crippen molar-refractivity contribution in [2.45, 2.75) is 6.92 Å². The predicted molar refractivity (Wildman–Crippen MR) is 91.8 cm³/mol. The minimum absolute atomic E-state index is 0.0568. The normalized spacial score (nSPS) is 11.2. The van der Waals surface area contributed by atoms with E-state index in [9.17, 15) is 4.79 Å². The summed E-state index contributed by atoms with van der Waals surface area (Å²) in [6, 6.07) is 13.4. The Morgan fingerprint density at radius 3 is 2.73 bits per heavy atom. The van der Waals surface area contributed by atoms with Gasteiger partial charge >= 0.3 is 0 Å². The first kappa shape index (κ1) is 14.6. The molecule has 1 aromatic carbocycles. The molecule has 0 aliphatic carbocycles. The van der Waals surface area contributed by atoms with E-state index in [1.807, 2.05) is 55.5 Å². The SMILES string of the molecule is Cc1nc2ncccc2cc1C(=O)/C=C/c1ccc(Br)cc1. The maximum Gasteiger partial charge on any atom is 0.187 e. The highest BCUT2D eigenvalue weighted by atomic mass is 79.9. The molecule has 0 saturated carbocycles. The van der Waals surface area contributed by atoms with Crippen LogP contribution >= 0.6 is 15.9 Å². The number of pyridine rings is 2. The Balaban J connectivity index is 1.91. The minimum atomic E-state index is -0.0568. The summed E-state index contributed by atoms with van der Waals surface area (Å²) in [5.74, 6) is -0.0568. The quantitative estimate of drug-likeness (QED) is 0.511. The molecule has 4 heteroatoms. The summed E-state index contributed by atoms with van der Waals surface area (Å²) in [5.41, 5.74) is 2.93. The Kier molecular flexibility index (Phi) is 4.11. The van der Waals surface area contributed by atoms with Crippen molar-refractivity contribution < 1.29 is 4.79 Å². The van der Waals surface area contributed by atoms with Crippen LogP contribution in [0.15, 0.2) is 59.2 Å². The molecular formula is C18H13BrN2O. The van der Waals surface area contributed by atoms with Crippen molar-refractivity contribution in [3.63, 3.8) is 0 Å². The number of carbonyl (C=O) groups excluding carboxylic acids is 1. The first-order valence-electron chi connectivity index (χ1n) is 6.84. The molecule has 0 aliphatic heterocycles. The number of allylic oxidation sites excluding steroid dienone is 1. The zero-order valence-electron chi connectivity index (χ0n) is 12.0. The van der Waals surface area contributed by atoms with Gasteiger partial charge in [0.25, 0.3) is 0 Å². The number of carbonyl (C=O) groups is 1. The highest BCUT2D eigenvalue weighted by Crippen LogP contribution is 2.16. The van der Waals surface area contributed by atoms with Gasteiger partial charge in [0.1, 0.15) is 0 Å². The van der Waals surface area contributed by atoms with E-state index in [0.717, 1.165) is 15.4 Å². The molecule has 2 heterocycles. The maximum atomic E-state index is 12.4. The molecule has 0 unspecified atom stereocenters. The van der Waals surface area contributed by atoms with Crippen LogP contribution in [-0.4, -0.2) is 15.8 Å². The van der Waals surface area contributed by atoms with Gasteiger partial charge in [0.15, 0.2) is 11.4 Å². The van der Waals surface area contributed by atoms with Crippen molar-refractivity contribution in [1.29, 1.82) is 0 Å². The number of fused-ring (bicyclic) bond motifs is 1. The molecule has 0 atom stereocenters. The van der Waals surface area contributed by atoms with Crippen molar-refractivity contribution in [3.8, 4) is 0 Å². The number of rotatable bonds is 3. The molecule has 22 heavy (non-hydrogen) atoms. The van der Waals surface area contributed by atoms with Gasteiger partial charge in [-0.3, -0.25) is 4.79 Å². The van der Waals surface area contributed by atoms with Gasteiger partial charge < -0.3 is 0 Å². The molecule has 0 fully saturated rings. The number of aromatic nitrogens is 2. The van der Waals surface area contributed by atoms with Crippen molar-refractivity contribution in [2.75, 3.05) is 0 Å². The third-order valence-electron chi connectivity index (χ3n) is 3.34. The molecule has 3 aromatic rings. The fourth-order valence-corrected chi connectivity index (χ4v) is 2.44. The summed E-state index contributed by atoms with van der Waals surface area (Å²) >= 11 is 3.39. The van der Waals surface area contributed by atoms with Crippen LogP contribution in [-0.2, 0) is 0 Å². The third-order valence-corrected chi connectivity index (χ3v) is 3.87. The zero-order chi connectivity index (χ0) is 15.5. The largest absolute Gasteiger partial charge is 0.289 e. The van der Waals surface area contributed by atoms with Crippen molar-refractivity contribution in [3.05, 3.63) is 76.0 Å². The van der Waals surface area contributed by atoms with E-state index < -0.39 is 0 Å². The molecule has 3 rings (SSSR count). The lowest BCUT2D eigenvalue weighted by Crippen LogP contribution is -2.01. The van der Waals surface area contributed by atoms with Crippen molar-refractivity contribution in [2.24, 2.45) is 0 Å². The first-order chi connectivity index (χ1) is 10.6. The number of hydrogen-bond acceptors (Lipinski definition) is 3. The van der Waals surface area contributed by atoms with E-state index in [-0.39, 0.29) is 5.78 Å². The summed E-state index contributed by atoms with van der Waals surface area (Å²) in [6.45, 7) is 1.83. The molecule has 3 nitrogen and oxygen atoms in total. The lowest BCUT2D eigenvalue weighted by Gasteiger charge is -2.03. The van der Waals surface area contributed by atoms with Gasteiger partial charge in [-0.25, -0.2) is 9.97 Å². The summed E-state index contributed by atoms with van der Waals surface area (Å²) in [5, 5.41) is 0.869. The lowest BCUT2D eigenvalue weighted by atomic mass is 10.1. The van der Waals surface area contributed by atoms with Crippen molar-refractivity contribution >= 4 is 38.8 Å². The standard InChI is InChI=1S/C18H13BrN2O/c1-12-16(11-14-3-2-10-20-18(14)21-12)17(22)9-6-13-4-7-15(19)8-5-13/h2-11H,1H3/b9-6+. The second-order valence-electron chi connectivity index (χ2n) is 4.92. The molecule has 0 amide bonds. The number of aryl methyl sites for hydroxylation is 1. The second-order valence-corrected chi connectivity index (χ2v) is 5.84. The van der Waals surface area contributed by atoms with E-state index in [0.29, 0.717) is 16.9 Å². The van der Waals surface area contributed by atoms with Crippen LogP contribution in [0, 0.1) is 6.92 Å². The van der Waals surface area contributed by atoms with E-state index in [1.54, 1.807) is 12.3 Å². The number of benzene rings is 1. The summed E-state index contributed by atoms with van der Waals surface area (Å²) in [7, 11) is 0. The third kappa shape index (κ3) is 3.12. The molecule has 108 valence electrons. The maximum absolute atomic E-state index is 12.4. The molecular weight excluding hydrogens is 340 g/mol. The average Bonchev–Trinajstić information content (AvgIpc) is 2.53. The smallest absolute Gasteiger partial charge is 0.187 e. The molecule has 2 aromatic heterocycles. The first-order valence-corrected chi connectivity index (χ1v) is 7.63. The topological polar surface area (TPSA) is 42.9 Å². The molecule has 0 spiro atoms. The fourth-order valence-electron chi connectivity index (χ4n) is 2.18. The molecule has 0 radical (unpaired) electrons. The monoisotopic (exact) mass is 352 g/mol. The van der Waals surface area contributed by atoms with Gasteiger partial charge in [-0.15, -0.1) is 0 Å². The zero-order valence-corrected chi connectivity index (χ0v) is 13.5. The highest BCUT2D eigenvalue weighted by molar-refractivity contribution is 9.10. The van der Waals surface area contributed by atoms with E-state index in [4.69, 9.17) is 0 Å². The van der Waals surface area contributed by atoms with Crippen LogP contribution < -0.4 is 0 Å². The Morgan fingerprint density at radius 1 is 1.18 bits per heavy atom. The van der Waals surface area contributed by atoms with E-state index in [1.165, 1.54) is 0 Å². The van der Waals surface area contributed by atoms with Gasteiger partial charge in [0, 0.05) is 21.6 Å². The number of halogens is 1. The highest BCUT2D eigenvalue weighted by Gasteiger charge is 2.09. The summed E-state index contributed by atoms with van der Waals surface area (Å²) in [4.78, 5) is 21.0. The molecule has 0 bridgehead atoms. The van der Waals surface area contributed by atoms with Crippen LogP contribution in [0.25, 0.3) is 17.1 Å². The Labute approximate surface area is 136 Å². The fraction of sp³-hybridized carbons (Fsp3) is 0.0556. The van der Waals surface area contributed by atoms with Gasteiger partial charge in [0.2, 0.25) is 0 Å². The average molecular weight is 353 g/mol. The van der Waals surface area contributed by atoms with Crippen LogP contribution in [0.3, 0.4) is 0 Å². The van der Waals surface area contributed by atoms with Crippen LogP contribution in [0.4, 0.5) is 0 Å². The number of hydrogen-bond donors (Lipinski definition) is 0. The molecule has 0 N–H and O–H groups in total. The minimum Gasteiger partial charge on any atom is -0.289 e. The van der Waals surface area contributed by atoms with Crippen LogP contribution in [0.5, 0.6) is 0 Å². The summed E-state index contributed by atoms with van der Waals surface area (Å²) < 4.78 is 1.01. The van der Waals surface area contributed by atoms with Gasteiger partial charge in [-0.05, 0) is 48.9 Å². The number of nitrogens with zero attached hydrogens (tertiary/aromatic N) is 2. The van der Waals surface area contributed by atoms with Gasteiger partial charge in [-0.1, -0.05) is 34.1 Å². The van der Waals surface area contributed by atoms with E-state index >= 15 is 0 Å².